The summed E-state index contributed by atoms with van der Waals surface area (Å²) in [6.07, 6.45) is 9.26. The first-order valence-electron chi connectivity index (χ1n) is 15.8. The van der Waals surface area contributed by atoms with Crippen LogP contribution in [-0.4, -0.2) is 84.0 Å². The standard InChI is InChI=1S/C34H40N4O6/c39-31(27-5-1-19-37(27)33(41)29-7-3-21-43-29)35-25-15-11-23(12-16-25)9-10-24-13-17-26(18-14-24)36-32(40)28-6-2-20-38(28)34(42)30-8-4-22-44-30/h9-18,27-30H,1-8,19-22H2,(H,35,39)(H,36,40)/t27-,28-,29-,30-/m0/s1. The Bertz CT molecular complexity index is 1270. The van der Waals surface area contributed by atoms with E-state index in [1.165, 1.54) is 0 Å². The molecule has 4 heterocycles. The predicted molar refractivity (Wildman–Crippen MR) is 166 cm³/mol. The molecule has 4 aliphatic rings. The average Bonchev–Trinajstić information content (AvgIpc) is 3.88. The van der Waals surface area contributed by atoms with Crippen LogP contribution in [0.5, 0.6) is 0 Å². The van der Waals surface area contributed by atoms with Gasteiger partial charge in [0.25, 0.3) is 11.8 Å². The van der Waals surface area contributed by atoms with Crippen LogP contribution in [0, 0.1) is 0 Å². The van der Waals surface area contributed by atoms with Crippen LogP contribution in [0.2, 0.25) is 0 Å². The minimum absolute atomic E-state index is 0.0712. The number of hydrogen-bond acceptors (Lipinski definition) is 6. The molecule has 4 aliphatic heterocycles. The number of likely N-dealkylation sites (tertiary alicyclic amines) is 2. The summed E-state index contributed by atoms with van der Waals surface area (Å²) in [5.41, 5.74) is 3.30. The van der Waals surface area contributed by atoms with E-state index in [0.717, 1.165) is 49.7 Å². The van der Waals surface area contributed by atoms with E-state index in [4.69, 9.17) is 9.47 Å². The van der Waals surface area contributed by atoms with Crippen molar-refractivity contribution >= 4 is 47.2 Å². The van der Waals surface area contributed by atoms with Crippen LogP contribution < -0.4 is 10.6 Å². The Hall–Kier alpha value is -4.02. The summed E-state index contributed by atoms with van der Waals surface area (Å²) in [7, 11) is 0. The molecule has 0 unspecified atom stereocenters. The van der Waals surface area contributed by atoms with Crippen LogP contribution in [0.4, 0.5) is 11.4 Å². The van der Waals surface area contributed by atoms with E-state index in [1.807, 2.05) is 60.7 Å². The molecule has 4 saturated heterocycles. The Kier molecular flexibility index (Phi) is 9.37. The minimum Gasteiger partial charge on any atom is -0.368 e. The molecule has 44 heavy (non-hydrogen) atoms. The Morgan fingerprint density at radius 2 is 1.00 bits per heavy atom. The van der Waals surface area contributed by atoms with Crippen molar-refractivity contribution in [2.75, 3.05) is 36.9 Å². The lowest BCUT2D eigenvalue weighted by atomic mass is 10.1. The number of benzene rings is 2. The van der Waals surface area contributed by atoms with Gasteiger partial charge in [-0.05, 0) is 86.8 Å². The number of nitrogens with zero attached hydrogens (tertiary/aromatic N) is 2. The molecule has 4 fully saturated rings. The van der Waals surface area contributed by atoms with E-state index in [-0.39, 0.29) is 23.6 Å². The van der Waals surface area contributed by atoms with Crippen molar-refractivity contribution in [1.29, 1.82) is 0 Å². The predicted octanol–water partition coefficient (Wildman–Crippen LogP) is 4.07. The highest BCUT2D eigenvalue weighted by Gasteiger charge is 2.39. The Balaban J connectivity index is 0.993. The van der Waals surface area contributed by atoms with E-state index in [0.29, 0.717) is 50.5 Å². The normalized spacial score (nSPS) is 25.1. The van der Waals surface area contributed by atoms with Crippen molar-refractivity contribution in [3.63, 3.8) is 0 Å². The molecule has 2 aromatic carbocycles. The fourth-order valence-electron chi connectivity index (χ4n) is 6.52. The lowest BCUT2D eigenvalue weighted by Gasteiger charge is -2.26. The first-order valence-corrected chi connectivity index (χ1v) is 15.8. The number of carbonyl (C=O) groups excluding carboxylic acids is 4. The molecular weight excluding hydrogens is 560 g/mol. The maximum atomic E-state index is 13.0. The van der Waals surface area contributed by atoms with E-state index in [9.17, 15) is 19.2 Å². The average molecular weight is 601 g/mol. The number of ether oxygens (including phenoxy) is 2. The van der Waals surface area contributed by atoms with Gasteiger partial charge in [0, 0.05) is 37.7 Å². The molecule has 10 heteroatoms. The Morgan fingerprint density at radius 3 is 1.36 bits per heavy atom. The zero-order valence-corrected chi connectivity index (χ0v) is 24.9. The number of amides is 4. The molecule has 6 rings (SSSR count). The highest BCUT2D eigenvalue weighted by Crippen LogP contribution is 2.26. The Morgan fingerprint density at radius 1 is 0.591 bits per heavy atom. The second kappa shape index (κ2) is 13.7. The smallest absolute Gasteiger partial charge is 0.252 e. The van der Waals surface area contributed by atoms with Gasteiger partial charge in [0.1, 0.15) is 24.3 Å². The molecule has 10 nitrogen and oxygen atoms in total. The molecule has 2 N–H and O–H groups in total. The number of carbonyl (C=O) groups is 4. The van der Waals surface area contributed by atoms with Gasteiger partial charge in [-0.25, -0.2) is 0 Å². The van der Waals surface area contributed by atoms with Crippen LogP contribution >= 0.6 is 0 Å². The largest absolute Gasteiger partial charge is 0.368 e. The molecular formula is C34H40N4O6. The zero-order valence-electron chi connectivity index (χ0n) is 24.9. The molecule has 0 aliphatic carbocycles. The zero-order chi connectivity index (χ0) is 30.5. The summed E-state index contributed by atoms with van der Waals surface area (Å²) < 4.78 is 11.1. The summed E-state index contributed by atoms with van der Waals surface area (Å²) in [6, 6.07) is 14.2. The molecule has 4 amide bonds. The second-order valence-electron chi connectivity index (χ2n) is 11.9. The number of nitrogens with one attached hydrogen (secondary N) is 2. The van der Waals surface area contributed by atoms with E-state index in [1.54, 1.807) is 9.80 Å². The highest BCUT2D eigenvalue weighted by atomic mass is 16.5. The van der Waals surface area contributed by atoms with Crippen molar-refractivity contribution in [1.82, 2.24) is 9.80 Å². The van der Waals surface area contributed by atoms with Crippen LogP contribution in [0.3, 0.4) is 0 Å². The third-order valence-electron chi connectivity index (χ3n) is 8.91. The van der Waals surface area contributed by atoms with Crippen molar-refractivity contribution in [3.8, 4) is 0 Å². The van der Waals surface area contributed by atoms with Crippen molar-refractivity contribution in [2.45, 2.75) is 75.7 Å². The van der Waals surface area contributed by atoms with Crippen LogP contribution in [0.15, 0.2) is 48.5 Å². The second-order valence-corrected chi connectivity index (χ2v) is 11.9. The molecule has 2 aromatic rings. The number of hydrogen-bond donors (Lipinski definition) is 2. The summed E-state index contributed by atoms with van der Waals surface area (Å²) in [4.78, 5) is 55.0. The van der Waals surface area contributed by atoms with E-state index in [2.05, 4.69) is 10.6 Å². The van der Waals surface area contributed by atoms with Crippen molar-refractivity contribution in [3.05, 3.63) is 59.7 Å². The van der Waals surface area contributed by atoms with Gasteiger partial charge in [-0.3, -0.25) is 19.2 Å². The Labute approximate surface area is 257 Å². The molecule has 0 saturated carbocycles. The van der Waals surface area contributed by atoms with Gasteiger partial charge in [-0.2, -0.15) is 0 Å². The first kappa shape index (κ1) is 30.0. The fraction of sp³-hybridized carbons (Fsp3) is 0.471. The van der Waals surface area contributed by atoms with E-state index < -0.39 is 24.3 Å². The third-order valence-corrected chi connectivity index (χ3v) is 8.91. The van der Waals surface area contributed by atoms with Gasteiger partial charge >= 0.3 is 0 Å². The quantitative estimate of drug-likeness (QED) is 0.441. The number of rotatable bonds is 8. The van der Waals surface area contributed by atoms with Gasteiger partial charge in [0.15, 0.2) is 0 Å². The van der Waals surface area contributed by atoms with Crippen molar-refractivity contribution < 1.29 is 28.7 Å². The summed E-state index contributed by atoms with van der Waals surface area (Å²) >= 11 is 0. The third kappa shape index (κ3) is 6.87. The lowest BCUT2D eigenvalue weighted by Crippen LogP contribution is -2.47. The molecule has 0 radical (unpaired) electrons. The van der Waals surface area contributed by atoms with Crippen LogP contribution in [-0.2, 0) is 28.7 Å². The summed E-state index contributed by atoms with van der Waals surface area (Å²) in [5, 5.41) is 5.93. The van der Waals surface area contributed by atoms with Crippen molar-refractivity contribution in [2.24, 2.45) is 0 Å². The van der Waals surface area contributed by atoms with Gasteiger partial charge < -0.3 is 29.9 Å². The fourth-order valence-corrected chi connectivity index (χ4v) is 6.52. The van der Waals surface area contributed by atoms with Gasteiger partial charge in [0.2, 0.25) is 11.8 Å². The number of anilines is 2. The first-order chi connectivity index (χ1) is 21.5. The molecule has 4 atom stereocenters. The molecule has 0 bridgehead atoms. The van der Waals surface area contributed by atoms with Crippen LogP contribution in [0.1, 0.15) is 62.5 Å². The lowest BCUT2D eigenvalue weighted by molar-refractivity contribution is -0.144. The molecule has 0 spiro atoms. The highest BCUT2D eigenvalue weighted by molar-refractivity contribution is 5.99. The SMILES string of the molecule is O=C(Nc1ccc(C=Cc2ccc(NC(=O)[C@@H]3CCCN3C(=O)[C@@H]3CCCO3)cc2)cc1)[C@@H]1CCCN1C(=O)[C@@H]1CCCO1. The topological polar surface area (TPSA) is 117 Å². The minimum atomic E-state index is -0.467. The molecule has 0 aromatic heterocycles. The monoisotopic (exact) mass is 600 g/mol. The van der Waals surface area contributed by atoms with Gasteiger partial charge in [0.05, 0.1) is 0 Å². The van der Waals surface area contributed by atoms with Gasteiger partial charge in [-0.15, -0.1) is 0 Å². The molecule has 232 valence electrons. The summed E-state index contributed by atoms with van der Waals surface area (Å²) in [5.74, 6) is -0.477. The van der Waals surface area contributed by atoms with Crippen LogP contribution in [0.25, 0.3) is 12.2 Å². The van der Waals surface area contributed by atoms with Gasteiger partial charge in [-0.1, -0.05) is 36.4 Å². The maximum Gasteiger partial charge on any atom is 0.252 e. The van der Waals surface area contributed by atoms with E-state index >= 15 is 0 Å². The summed E-state index contributed by atoms with van der Waals surface area (Å²) in [6.45, 7) is 2.38. The maximum absolute atomic E-state index is 13.0.